The van der Waals surface area contributed by atoms with Gasteiger partial charge in [0.15, 0.2) is 0 Å². The van der Waals surface area contributed by atoms with Crippen LogP contribution in [0.2, 0.25) is 0 Å². The molecule has 1 aromatic carbocycles. The SMILES string of the molecule is COc1cccc(CNC(=O)CCc2c(C)nc(C)[nH]c2=O)c1. The molecule has 6 heteroatoms. The Balaban J connectivity index is 1.89. The second kappa shape index (κ2) is 7.58. The van der Waals surface area contributed by atoms with Crippen LogP contribution >= 0.6 is 0 Å². The second-order valence-corrected chi connectivity index (χ2v) is 5.34. The van der Waals surface area contributed by atoms with Crippen molar-refractivity contribution >= 4 is 5.91 Å². The minimum absolute atomic E-state index is 0.104. The quantitative estimate of drug-likeness (QED) is 0.849. The van der Waals surface area contributed by atoms with Gasteiger partial charge < -0.3 is 15.0 Å². The lowest BCUT2D eigenvalue weighted by molar-refractivity contribution is -0.121. The summed E-state index contributed by atoms with van der Waals surface area (Å²) in [7, 11) is 1.60. The number of H-pyrrole nitrogens is 1. The van der Waals surface area contributed by atoms with Crippen LogP contribution in [0.4, 0.5) is 0 Å². The summed E-state index contributed by atoms with van der Waals surface area (Å²) in [6, 6.07) is 7.52. The van der Waals surface area contributed by atoms with Crippen molar-refractivity contribution < 1.29 is 9.53 Å². The van der Waals surface area contributed by atoms with Crippen LogP contribution in [-0.4, -0.2) is 23.0 Å². The van der Waals surface area contributed by atoms with Crippen molar-refractivity contribution in [2.45, 2.75) is 33.2 Å². The number of methoxy groups -OCH3 is 1. The highest BCUT2D eigenvalue weighted by Gasteiger charge is 2.09. The molecule has 1 aromatic heterocycles. The minimum atomic E-state index is -0.171. The molecule has 1 amide bonds. The van der Waals surface area contributed by atoms with Crippen LogP contribution in [0.5, 0.6) is 5.75 Å². The number of hydrogen-bond donors (Lipinski definition) is 2. The van der Waals surface area contributed by atoms with Gasteiger partial charge >= 0.3 is 0 Å². The number of carbonyl (C=O) groups excluding carboxylic acids is 1. The number of amides is 1. The predicted octanol–water partition coefficient (Wildman–Crippen LogP) is 1.64. The van der Waals surface area contributed by atoms with E-state index in [1.54, 1.807) is 21.0 Å². The lowest BCUT2D eigenvalue weighted by Crippen LogP contribution is -2.25. The molecular weight excluding hydrogens is 294 g/mol. The average Bonchev–Trinajstić information content (AvgIpc) is 2.52. The van der Waals surface area contributed by atoms with Crippen LogP contribution in [0.3, 0.4) is 0 Å². The third-order valence-corrected chi connectivity index (χ3v) is 3.57. The van der Waals surface area contributed by atoms with Gasteiger partial charge in [-0.3, -0.25) is 9.59 Å². The second-order valence-electron chi connectivity index (χ2n) is 5.34. The van der Waals surface area contributed by atoms with E-state index in [9.17, 15) is 9.59 Å². The van der Waals surface area contributed by atoms with Gasteiger partial charge in [-0.15, -0.1) is 0 Å². The highest BCUT2D eigenvalue weighted by molar-refractivity contribution is 5.76. The molecule has 1 heterocycles. The maximum atomic E-state index is 12.0. The number of nitrogens with zero attached hydrogens (tertiary/aromatic N) is 1. The molecule has 0 saturated heterocycles. The van der Waals surface area contributed by atoms with Gasteiger partial charge in [0.1, 0.15) is 11.6 Å². The van der Waals surface area contributed by atoms with Gasteiger partial charge in [0, 0.05) is 24.2 Å². The zero-order valence-corrected chi connectivity index (χ0v) is 13.6. The van der Waals surface area contributed by atoms with Crippen LogP contribution in [0, 0.1) is 13.8 Å². The fourth-order valence-electron chi connectivity index (χ4n) is 2.36. The fraction of sp³-hybridized carbons (Fsp3) is 0.353. The van der Waals surface area contributed by atoms with E-state index < -0.39 is 0 Å². The van der Waals surface area contributed by atoms with Gasteiger partial charge in [0.25, 0.3) is 5.56 Å². The Bertz CT molecular complexity index is 753. The van der Waals surface area contributed by atoms with Gasteiger partial charge in [0.2, 0.25) is 5.91 Å². The van der Waals surface area contributed by atoms with E-state index in [4.69, 9.17) is 4.74 Å². The predicted molar refractivity (Wildman–Crippen MR) is 87.5 cm³/mol. The van der Waals surface area contributed by atoms with Gasteiger partial charge in [-0.25, -0.2) is 4.98 Å². The first-order chi connectivity index (χ1) is 11.0. The van der Waals surface area contributed by atoms with Crippen molar-refractivity contribution in [3.8, 4) is 5.75 Å². The molecule has 23 heavy (non-hydrogen) atoms. The Morgan fingerprint density at radius 2 is 2.13 bits per heavy atom. The first-order valence-electron chi connectivity index (χ1n) is 7.45. The molecule has 0 bridgehead atoms. The van der Waals surface area contributed by atoms with E-state index in [0.29, 0.717) is 30.0 Å². The Morgan fingerprint density at radius 1 is 1.35 bits per heavy atom. The summed E-state index contributed by atoms with van der Waals surface area (Å²) in [5.41, 5.74) is 2.03. The Hall–Kier alpha value is -2.63. The molecule has 0 saturated carbocycles. The maximum Gasteiger partial charge on any atom is 0.254 e. The Morgan fingerprint density at radius 3 is 2.83 bits per heavy atom. The molecule has 0 fully saturated rings. The summed E-state index contributed by atoms with van der Waals surface area (Å²) in [6.07, 6.45) is 0.622. The van der Waals surface area contributed by atoms with E-state index >= 15 is 0 Å². The van der Waals surface area contributed by atoms with Crippen molar-refractivity contribution in [1.29, 1.82) is 0 Å². The number of ether oxygens (including phenoxy) is 1. The zero-order chi connectivity index (χ0) is 16.8. The highest BCUT2D eigenvalue weighted by Crippen LogP contribution is 2.12. The number of carbonyl (C=O) groups is 1. The summed E-state index contributed by atoms with van der Waals surface area (Å²) in [6.45, 7) is 3.95. The summed E-state index contributed by atoms with van der Waals surface area (Å²) in [4.78, 5) is 30.7. The number of nitrogens with one attached hydrogen (secondary N) is 2. The lowest BCUT2D eigenvalue weighted by atomic mass is 10.1. The number of aromatic amines is 1. The minimum Gasteiger partial charge on any atom is -0.497 e. The lowest BCUT2D eigenvalue weighted by Gasteiger charge is -2.08. The first kappa shape index (κ1) is 16.7. The standard InChI is InChI=1S/C17H21N3O3/c1-11-15(17(22)20-12(2)19-11)7-8-16(21)18-10-13-5-4-6-14(9-13)23-3/h4-6,9H,7-8,10H2,1-3H3,(H,18,21)(H,19,20,22). The number of hydrogen-bond acceptors (Lipinski definition) is 4. The van der Waals surface area contributed by atoms with Crippen LogP contribution < -0.4 is 15.6 Å². The molecular formula is C17H21N3O3. The van der Waals surface area contributed by atoms with Crippen molar-refractivity contribution in [3.63, 3.8) is 0 Å². The van der Waals surface area contributed by atoms with Crippen LogP contribution in [0.25, 0.3) is 0 Å². The zero-order valence-electron chi connectivity index (χ0n) is 13.6. The van der Waals surface area contributed by atoms with Gasteiger partial charge in [-0.05, 0) is 38.0 Å². The van der Waals surface area contributed by atoms with E-state index in [1.807, 2.05) is 24.3 Å². The van der Waals surface area contributed by atoms with Crippen molar-refractivity contribution in [3.05, 3.63) is 57.3 Å². The Kier molecular flexibility index (Phi) is 5.51. The van der Waals surface area contributed by atoms with Crippen molar-refractivity contribution in [2.24, 2.45) is 0 Å². The van der Waals surface area contributed by atoms with E-state index in [-0.39, 0.29) is 17.9 Å². The molecule has 2 rings (SSSR count). The van der Waals surface area contributed by atoms with Crippen LogP contribution in [0.15, 0.2) is 29.1 Å². The van der Waals surface area contributed by atoms with Gasteiger partial charge in [-0.1, -0.05) is 12.1 Å². The maximum absolute atomic E-state index is 12.0. The molecule has 0 radical (unpaired) electrons. The molecule has 122 valence electrons. The Labute approximate surface area is 134 Å². The number of aryl methyl sites for hydroxylation is 2. The fourth-order valence-corrected chi connectivity index (χ4v) is 2.36. The number of benzene rings is 1. The number of rotatable bonds is 6. The van der Waals surface area contributed by atoms with E-state index in [1.165, 1.54) is 0 Å². The molecule has 0 atom stereocenters. The monoisotopic (exact) mass is 315 g/mol. The molecule has 2 aromatic rings. The van der Waals surface area contributed by atoms with Crippen LogP contribution in [-0.2, 0) is 17.8 Å². The first-order valence-corrected chi connectivity index (χ1v) is 7.45. The molecule has 0 aliphatic carbocycles. The van der Waals surface area contributed by atoms with Gasteiger partial charge in [0.05, 0.1) is 7.11 Å². The highest BCUT2D eigenvalue weighted by atomic mass is 16.5. The topological polar surface area (TPSA) is 84.1 Å². The molecule has 0 aliphatic rings. The third-order valence-electron chi connectivity index (χ3n) is 3.57. The van der Waals surface area contributed by atoms with Crippen molar-refractivity contribution in [1.82, 2.24) is 15.3 Å². The number of aromatic nitrogens is 2. The average molecular weight is 315 g/mol. The third kappa shape index (κ3) is 4.67. The van der Waals surface area contributed by atoms with Gasteiger partial charge in [-0.2, -0.15) is 0 Å². The summed E-state index contributed by atoms with van der Waals surface area (Å²) >= 11 is 0. The van der Waals surface area contributed by atoms with E-state index in [2.05, 4.69) is 15.3 Å². The summed E-state index contributed by atoms with van der Waals surface area (Å²) in [5, 5.41) is 2.84. The molecule has 0 spiro atoms. The van der Waals surface area contributed by atoms with Crippen molar-refractivity contribution in [2.75, 3.05) is 7.11 Å². The molecule has 2 N–H and O–H groups in total. The smallest absolute Gasteiger partial charge is 0.254 e. The normalized spacial score (nSPS) is 10.4. The summed E-state index contributed by atoms with van der Waals surface area (Å²) < 4.78 is 5.15. The van der Waals surface area contributed by atoms with E-state index in [0.717, 1.165) is 11.3 Å². The van der Waals surface area contributed by atoms with Crippen LogP contribution in [0.1, 0.15) is 29.1 Å². The molecule has 0 aliphatic heterocycles. The summed E-state index contributed by atoms with van der Waals surface area (Å²) in [5.74, 6) is 1.23. The molecule has 0 unspecified atom stereocenters. The molecule has 6 nitrogen and oxygen atoms in total. The largest absolute Gasteiger partial charge is 0.497 e.